The molecule has 1 saturated heterocycles. The molecule has 4 aromatic rings. The monoisotopic (exact) mass is 518 g/mol. The van der Waals surface area contributed by atoms with Gasteiger partial charge in [0.05, 0.1) is 18.5 Å². The van der Waals surface area contributed by atoms with E-state index in [1.165, 1.54) is 5.56 Å². The lowest BCUT2D eigenvalue weighted by molar-refractivity contribution is 0.190. The number of nitrogens with zero attached hydrogens (tertiary/aromatic N) is 4. The maximum absolute atomic E-state index is 9.12. The third kappa shape index (κ3) is 6.34. The predicted molar refractivity (Wildman–Crippen MR) is 144 cm³/mol. The number of aromatic nitrogens is 4. The number of benzene rings is 2. The highest BCUT2D eigenvalue weighted by molar-refractivity contribution is 7.99. The topological polar surface area (TPSA) is 132 Å². The van der Waals surface area contributed by atoms with Crippen molar-refractivity contribution in [1.82, 2.24) is 25.5 Å². The van der Waals surface area contributed by atoms with Crippen LogP contribution in [0.25, 0.3) is 34.3 Å². The fraction of sp³-hybridized carbons (Fsp3) is 0.333. The highest BCUT2D eigenvalue weighted by atomic mass is 32.2. The number of aliphatic hydroxyl groups excluding tert-OH is 1. The van der Waals surface area contributed by atoms with Gasteiger partial charge in [0.2, 0.25) is 5.89 Å². The zero-order chi connectivity index (χ0) is 25.6. The molecule has 9 nitrogen and oxygen atoms in total. The van der Waals surface area contributed by atoms with E-state index >= 15 is 0 Å². The van der Waals surface area contributed by atoms with E-state index in [1.807, 2.05) is 48.5 Å². The van der Waals surface area contributed by atoms with Gasteiger partial charge < -0.3 is 25.3 Å². The van der Waals surface area contributed by atoms with E-state index in [0.717, 1.165) is 48.6 Å². The number of aliphatic hydroxyl groups is 1. The number of anilines is 1. The van der Waals surface area contributed by atoms with E-state index in [9.17, 15) is 0 Å². The van der Waals surface area contributed by atoms with Crippen molar-refractivity contribution in [3.8, 4) is 34.3 Å². The van der Waals surface area contributed by atoms with Gasteiger partial charge in [0.25, 0.3) is 5.89 Å². The van der Waals surface area contributed by atoms with Gasteiger partial charge in [0, 0.05) is 47.1 Å². The van der Waals surface area contributed by atoms with Crippen LogP contribution in [0.1, 0.15) is 25.3 Å². The first-order valence-corrected chi connectivity index (χ1v) is 13.2. The molecule has 192 valence electrons. The summed E-state index contributed by atoms with van der Waals surface area (Å²) in [4.78, 5) is 10.1. The van der Waals surface area contributed by atoms with Crippen LogP contribution in [0, 0.1) is 0 Å². The molecule has 1 aliphatic heterocycles. The van der Waals surface area contributed by atoms with E-state index in [1.54, 1.807) is 18.0 Å². The molecule has 1 fully saturated rings. The molecular formula is C27H30N6O3S. The molecule has 0 amide bonds. The number of thioether (sulfide) groups is 1. The van der Waals surface area contributed by atoms with E-state index in [2.05, 4.69) is 32.4 Å². The molecule has 2 aromatic heterocycles. The lowest BCUT2D eigenvalue weighted by atomic mass is 10.1. The Kier molecular flexibility index (Phi) is 8.10. The van der Waals surface area contributed by atoms with Gasteiger partial charge in [-0.25, -0.2) is 9.97 Å². The first-order chi connectivity index (χ1) is 18.1. The van der Waals surface area contributed by atoms with Crippen molar-refractivity contribution in [2.75, 3.05) is 25.6 Å². The molecule has 0 bridgehead atoms. The molecule has 4 N–H and O–H groups in total. The van der Waals surface area contributed by atoms with Crippen molar-refractivity contribution in [3.05, 3.63) is 60.3 Å². The number of rotatable bonds is 10. The SMILES string of the molecule is CC(CCO)Sc1ccc(-c2cnc(N)c(-c3nnc(-c4ccc(CNC5CCOC5)cc4)o3)n2)cc1. The van der Waals surface area contributed by atoms with E-state index in [0.29, 0.717) is 28.6 Å². The predicted octanol–water partition coefficient (Wildman–Crippen LogP) is 4.18. The van der Waals surface area contributed by atoms with Crippen molar-refractivity contribution in [2.45, 2.75) is 42.5 Å². The third-order valence-electron chi connectivity index (χ3n) is 6.18. The zero-order valence-electron chi connectivity index (χ0n) is 20.6. The second-order valence-electron chi connectivity index (χ2n) is 9.00. The van der Waals surface area contributed by atoms with Gasteiger partial charge in [0.1, 0.15) is 0 Å². The molecule has 0 radical (unpaired) electrons. The Labute approximate surface area is 219 Å². The lowest BCUT2D eigenvalue weighted by Gasteiger charge is -2.10. The molecule has 0 saturated carbocycles. The molecule has 37 heavy (non-hydrogen) atoms. The molecule has 2 unspecified atom stereocenters. The number of hydrogen-bond donors (Lipinski definition) is 3. The molecule has 0 aliphatic carbocycles. The number of nitrogens with one attached hydrogen (secondary N) is 1. The lowest BCUT2D eigenvalue weighted by Crippen LogP contribution is -2.28. The second-order valence-corrected chi connectivity index (χ2v) is 10.5. The Morgan fingerprint density at radius 1 is 1.08 bits per heavy atom. The number of hydrogen-bond acceptors (Lipinski definition) is 10. The largest absolute Gasteiger partial charge is 0.414 e. The Bertz CT molecular complexity index is 1310. The number of nitrogen functional groups attached to an aromatic ring is 1. The Balaban J connectivity index is 1.29. The van der Waals surface area contributed by atoms with Crippen LogP contribution in [0.2, 0.25) is 0 Å². The van der Waals surface area contributed by atoms with Gasteiger partial charge in [0.15, 0.2) is 11.5 Å². The normalized spacial score (nSPS) is 16.2. The van der Waals surface area contributed by atoms with Crippen molar-refractivity contribution >= 4 is 17.6 Å². The highest BCUT2D eigenvalue weighted by Gasteiger charge is 2.18. The molecule has 10 heteroatoms. The van der Waals surface area contributed by atoms with Crippen molar-refractivity contribution < 1.29 is 14.3 Å². The minimum Gasteiger partial charge on any atom is -0.414 e. The average Bonchev–Trinajstić information content (AvgIpc) is 3.62. The van der Waals surface area contributed by atoms with Gasteiger partial charge in [-0.1, -0.05) is 31.2 Å². The Morgan fingerprint density at radius 2 is 1.84 bits per heavy atom. The standard InChI is InChI=1S/C27H30N6O3S/c1-17(10-12-34)37-22-8-6-19(7-9-22)23-15-30-25(28)24(31-23)27-33-32-26(36-27)20-4-2-18(3-5-20)14-29-21-11-13-35-16-21/h2-9,15,17,21,29,34H,10-14,16H2,1H3,(H2,28,30). The summed E-state index contributed by atoms with van der Waals surface area (Å²) in [6.07, 6.45) is 3.44. The second kappa shape index (κ2) is 11.8. The summed E-state index contributed by atoms with van der Waals surface area (Å²) in [5.41, 5.74) is 10.0. The minimum absolute atomic E-state index is 0.187. The van der Waals surface area contributed by atoms with Gasteiger partial charge >= 0.3 is 0 Å². The van der Waals surface area contributed by atoms with E-state index < -0.39 is 0 Å². The van der Waals surface area contributed by atoms with E-state index in [-0.39, 0.29) is 18.3 Å². The highest BCUT2D eigenvalue weighted by Crippen LogP contribution is 2.30. The molecular weight excluding hydrogens is 488 g/mol. The van der Waals surface area contributed by atoms with Gasteiger partial charge in [-0.2, -0.15) is 0 Å². The number of nitrogens with two attached hydrogens (primary N) is 1. The van der Waals surface area contributed by atoms with Crippen LogP contribution in [-0.4, -0.2) is 56.4 Å². The Hall–Kier alpha value is -3.31. The summed E-state index contributed by atoms with van der Waals surface area (Å²) < 4.78 is 11.3. The quantitative estimate of drug-likeness (QED) is 0.263. The molecule has 5 rings (SSSR count). The van der Waals surface area contributed by atoms with E-state index in [4.69, 9.17) is 20.0 Å². The van der Waals surface area contributed by atoms with Crippen molar-refractivity contribution in [1.29, 1.82) is 0 Å². The fourth-order valence-electron chi connectivity index (χ4n) is 4.03. The van der Waals surface area contributed by atoms with Gasteiger partial charge in [-0.15, -0.1) is 22.0 Å². The van der Waals surface area contributed by atoms with Crippen LogP contribution < -0.4 is 11.1 Å². The maximum Gasteiger partial charge on any atom is 0.270 e. The zero-order valence-corrected chi connectivity index (χ0v) is 21.4. The molecule has 2 aromatic carbocycles. The van der Waals surface area contributed by atoms with Crippen LogP contribution in [0.4, 0.5) is 5.82 Å². The number of ether oxygens (including phenoxy) is 1. The summed E-state index contributed by atoms with van der Waals surface area (Å²) >= 11 is 1.73. The van der Waals surface area contributed by atoms with Crippen molar-refractivity contribution in [2.24, 2.45) is 0 Å². The third-order valence-corrected chi connectivity index (χ3v) is 7.36. The first-order valence-electron chi connectivity index (χ1n) is 12.3. The van der Waals surface area contributed by atoms with Crippen LogP contribution in [0.3, 0.4) is 0 Å². The summed E-state index contributed by atoms with van der Waals surface area (Å²) in [5, 5.41) is 21.4. The van der Waals surface area contributed by atoms with Gasteiger partial charge in [-0.05, 0) is 42.7 Å². The molecule has 1 aliphatic rings. The average molecular weight is 519 g/mol. The van der Waals surface area contributed by atoms with Crippen molar-refractivity contribution in [3.63, 3.8) is 0 Å². The summed E-state index contributed by atoms with van der Waals surface area (Å²) in [7, 11) is 0. The summed E-state index contributed by atoms with van der Waals surface area (Å²) in [5.74, 6) is 0.837. The minimum atomic E-state index is 0.187. The fourth-order valence-corrected chi connectivity index (χ4v) is 5.01. The van der Waals surface area contributed by atoms with Crippen LogP contribution in [-0.2, 0) is 11.3 Å². The summed E-state index contributed by atoms with van der Waals surface area (Å²) in [6.45, 7) is 4.66. The molecule has 0 spiro atoms. The van der Waals surface area contributed by atoms with Crippen LogP contribution in [0.15, 0.2) is 64.0 Å². The molecule has 3 heterocycles. The van der Waals surface area contributed by atoms with Crippen LogP contribution in [0.5, 0.6) is 0 Å². The Morgan fingerprint density at radius 3 is 2.57 bits per heavy atom. The van der Waals surface area contributed by atoms with Gasteiger partial charge in [-0.3, -0.25) is 0 Å². The van der Waals surface area contributed by atoms with Crippen LogP contribution >= 0.6 is 11.8 Å². The molecule has 2 atom stereocenters. The first kappa shape index (κ1) is 25.3. The smallest absolute Gasteiger partial charge is 0.270 e. The maximum atomic E-state index is 9.12. The summed E-state index contributed by atoms with van der Waals surface area (Å²) in [6, 6.07) is 16.5.